The molecule has 4 heterocycles. The van der Waals surface area contributed by atoms with Gasteiger partial charge in [0.05, 0.1) is 35.4 Å². The number of aliphatic imine (C=N–C) groups is 2. The zero-order chi connectivity index (χ0) is 42.6. The van der Waals surface area contributed by atoms with E-state index in [1.807, 2.05) is 36.4 Å². The van der Waals surface area contributed by atoms with Crippen LogP contribution in [-0.4, -0.2) is 127 Å². The molecule has 4 atom stereocenters. The minimum absolute atomic E-state index is 0.136. The first-order valence-electron chi connectivity index (χ1n) is 22.4. The summed E-state index contributed by atoms with van der Waals surface area (Å²) in [5, 5.41) is 38.1. The number of halogens is 1. The zero-order valence-corrected chi connectivity index (χ0v) is 35.3. The molecule has 4 aromatic carbocycles. The SMILES string of the molecule is O=[N+]([O-])c1ccccc1N1CCN(CCN=C2C[C@H]3c4ccc(O)cc4CC[C@H]3N2)CC1.Oc1ccc2c(c1)CC[C@H]1NC(=NCCN3CCN(c4ccccc4F)CC3)C[C@@H]21. The van der Waals surface area contributed by atoms with Gasteiger partial charge in [-0.15, -0.1) is 0 Å². The van der Waals surface area contributed by atoms with Crippen LogP contribution in [0.1, 0.15) is 59.8 Å². The van der Waals surface area contributed by atoms with Crippen LogP contribution in [0.15, 0.2) is 94.9 Å². The lowest BCUT2D eigenvalue weighted by Crippen LogP contribution is -2.47. The average Bonchev–Trinajstić information content (AvgIpc) is 3.91. The van der Waals surface area contributed by atoms with Gasteiger partial charge in [0.15, 0.2) is 0 Å². The Bertz CT molecular complexity index is 2290. The van der Waals surface area contributed by atoms with Gasteiger partial charge in [0, 0.05) is 108 Å². The first-order chi connectivity index (χ1) is 30.3. The molecule has 0 bridgehead atoms. The Labute approximate surface area is 363 Å². The second kappa shape index (κ2) is 18.7. The van der Waals surface area contributed by atoms with Crippen LogP contribution >= 0.6 is 0 Å². The summed E-state index contributed by atoms with van der Waals surface area (Å²) in [6.45, 7) is 10.3. The highest BCUT2D eigenvalue weighted by molar-refractivity contribution is 5.87. The quantitative estimate of drug-likeness (QED) is 0.116. The van der Waals surface area contributed by atoms with Gasteiger partial charge >= 0.3 is 0 Å². The summed E-state index contributed by atoms with van der Waals surface area (Å²) in [7, 11) is 0. The summed E-state index contributed by atoms with van der Waals surface area (Å²) >= 11 is 0. The van der Waals surface area contributed by atoms with Crippen molar-refractivity contribution in [3.05, 3.63) is 123 Å². The number of anilines is 2. The number of rotatable bonds is 9. The van der Waals surface area contributed by atoms with E-state index in [0.29, 0.717) is 46.8 Å². The third kappa shape index (κ3) is 9.36. The fourth-order valence-corrected chi connectivity index (χ4v) is 10.5. The Kier molecular flexibility index (Phi) is 12.6. The first-order valence-corrected chi connectivity index (χ1v) is 22.4. The number of para-hydroxylation sites is 3. The Morgan fingerprint density at radius 2 is 1.11 bits per heavy atom. The predicted octanol–water partition coefficient (Wildman–Crippen LogP) is 6.06. The van der Waals surface area contributed by atoms with E-state index in [0.717, 1.165) is 129 Å². The number of nitro benzene ring substituents is 1. The number of nitro groups is 1. The normalized spacial score (nSPS) is 24.6. The molecule has 0 spiro atoms. The van der Waals surface area contributed by atoms with Gasteiger partial charge < -0.3 is 30.6 Å². The number of phenolic OH excluding ortho intramolecular Hbond substituents is 2. The van der Waals surface area contributed by atoms with Crippen molar-refractivity contribution < 1.29 is 19.5 Å². The summed E-state index contributed by atoms with van der Waals surface area (Å²) in [5.74, 6) is 3.71. The van der Waals surface area contributed by atoms with Gasteiger partial charge in [0.25, 0.3) is 5.69 Å². The summed E-state index contributed by atoms with van der Waals surface area (Å²) in [4.78, 5) is 29.8. The maximum absolute atomic E-state index is 14.0. The van der Waals surface area contributed by atoms with E-state index in [4.69, 9.17) is 9.98 Å². The van der Waals surface area contributed by atoms with Gasteiger partial charge in [-0.1, -0.05) is 36.4 Å². The van der Waals surface area contributed by atoms with Crippen LogP contribution in [0.3, 0.4) is 0 Å². The highest BCUT2D eigenvalue weighted by Crippen LogP contribution is 2.40. The van der Waals surface area contributed by atoms with Crippen LogP contribution in [0, 0.1) is 15.9 Å². The van der Waals surface area contributed by atoms with Crippen LogP contribution in [0.2, 0.25) is 0 Å². The van der Waals surface area contributed by atoms with E-state index in [9.17, 15) is 24.7 Å². The fraction of sp³-hybridized carbons (Fsp3) is 0.458. The van der Waals surface area contributed by atoms with E-state index < -0.39 is 0 Å². The zero-order valence-electron chi connectivity index (χ0n) is 35.3. The van der Waals surface area contributed by atoms with Crippen molar-refractivity contribution in [2.75, 3.05) is 88.3 Å². The summed E-state index contributed by atoms with van der Waals surface area (Å²) in [5.41, 5.74) is 6.87. The molecule has 4 saturated heterocycles. The molecular weight excluding hydrogens is 786 g/mol. The lowest BCUT2D eigenvalue weighted by atomic mass is 9.80. The molecule has 4 N–H and O–H groups in total. The number of fused-ring (bicyclic) bond motifs is 6. The molecule has 0 saturated carbocycles. The summed E-state index contributed by atoms with van der Waals surface area (Å²) in [6.07, 6.45) is 6.08. The van der Waals surface area contributed by atoms with Crippen molar-refractivity contribution in [2.45, 2.75) is 62.4 Å². The number of benzene rings is 4. The van der Waals surface area contributed by atoms with E-state index in [1.165, 1.54) is 28.3 Å². The molecule has 6 aliphatic rings. The maximum atomic E-state index is 14.0. The number of aromatic hydroxyl groups is 2. The number of amidine groups is 2. The van der Waals surface area contributed by atoms with Crippen molar-refractivity contribution in [2.24, 2.45) is 9.98 Å². The molecule has 4 fully saturated rings. The molecule has 0 amide bonds. The molecular formula is C48H58FN9O4. The van der Waals surface area contributed by atoms with Crippen molar-refractivity contribution in [1.29, 1.82) is 0 Å². The minimum atomic E-state index is -0.300. The third-order valence-corrected chi connectivity index (χ3v) is 13.8. The standard InChI is InChI=1S/C24H29FN4O.C24H29N5O3/c25-21-3-1-2-4-23(21)29-13-11-28(12-14-29)10-9-26-24-16-20-19-7-6-18(30)15-17(19)5-8-22(20)27-24;30-18-6-7-19-17(15-18)5-8-21-20(19)16-24(26-21)25-9-10-27-11-13-28(14-12-27)22-3-1-2-4-23(22)29(31)32/h1-4,6-7,15,20,22,30H,5,8-14,16H2,(H,26,27);1-4,6-7,15,20-21,30H,5,8-14,16H2,(H,25,26)/t20-,22+;20-,21+/m00/s1. The molecule has 62 heavy (non-hydrogen) atoms. The van der Waals surface area contributed by atoms with Crippen LogP contribution < -0.4 is 20.4 Å². The summed E-state index contributed by atoms with van der Waals surface area (Å²) in [6, 6.07) is 26.5. The summed E-state index contributed by atoms with van der Waals surface area (Å²) < 4.78 is 14.0. The van der Waals surface area contributed by atoms with Crippen LogP contribution in [0.4, 0.5) is 21.5 Å². The minimum Gasteiger partial charge on any atom is -0.508 e. The van der Waals surface area contributed by atoms with Crippen LogP contribution in [0.5, 0.6) is 11.5 Å². The predicted molar refractivity (Wildman–Crippen MR) is 243 cm³/mol. The second-order valence-electron chi connectivity index (χ2n) is 17.5. The molecule has 326 valence electrons. The van der Waals surface area contributed by atoms with Gasteiger partial charge in [-0.05, 0) is 90.4 Å². The number of hydrogen-bond donors (Lipinski definition) is 4. The van der Waals surface area contributed by atoms with E-state index >= 15 is 0 Å². The Balaban J connectivity index is 0.000000158. The lowest BCUT2D eigenvalue weighted by Gasteiger charge is -2.36. The van der Waals surface area contributed by atoms with Crippen molar-refractivity contribution in [3.63, 3.8) is 0 Å². The molecule has 0 unspecified atom stereocenters. The molecule has 4 aliphatic heterocycles. The number of nitrogens with one attached hydrogen (secondary N) is 2. The van der Waals surface area contributed by atoms with Crippen molar-refractivity contribution in [3.8, 4) is 11.5 Å². The molecule has 10 rings (SSSR count). The molecule has 13 nitrogen and oxygen atoms in total. The number of hydrogen-bond acceptors (Lipinski definition) is 10. The largest absolute Gasteiger partial charge is 0.508 e. The Morgan fingerprint density at radius 3 is 1.61 bits per heavy atom. The topological polar surface area (TPSA) is 145 Å². The van der Waals surface area contributed by atoms with Crippen molar-refractivity contribution in [1.82, 2.24) is 20.4 Å². The number of phenols is 2. The van der Waals surface area contributed by atoms with Gasteiger partial charge in [0.1, 0.15) is 23.0 Å². The molecule has 0 radical (unpaired) electrons. The Morgan fingerprint density at radius 1 is 0.645 bits per heavy atom. The molecule has 4 aromatic rings. The fourth-order valence-electron chi connectivity index (χ4n) is 10.5. The highest BCUT2D eigenvalue weighted by Gasteiger charge is 2.37. The third-order valence-electron chi connectivity index (χ3n) is 13.8. The maximum Gasteiger partial charge on any atom is 0.292 e. The highest BCUT2D eigenvalue weighted by atomic mass is 19.1. The van der Waals surface area contributed by atoms with Gasteiger partial charge in [0.2, 0.25) is 0 Å². The number of aryl methyl sites for hydroxylation is 2. The van der Waals surface area contributed by atoms with E-state index in [2.05, 4.69) is 42.4 Å². The second-order valence-corrected chi connectivity index (χ2v) is 17.5. The van der Waals surface area contributed by atoms with Crippen molar-refractivity contribution >= 4 is 28.7 Å². The van der Waals surface area contributed by atoms with Gasteiger partial charge in [-0.2, -0.15) is 0 Å². The number of nitrogens with zero attached hydrogens (tertiary/aromatic N) is 7. The van der Waals surface area contributed by atoms with Crippen LogP contribution in [0.25, 0.3) is 0 Å². The van der Waals surface area contributed by atoms with E-state index in [1.54, 1.807) is 30.3 Å². The molecule has 14 heteroatoms. The number of piperazine rings is 2. The van der Waals surface area contributed by atoms with Gasteiger partial charge in [-0.3, -0.25) is 29.9 Å². The molecule has 2 aliphatic carbocycles. The lowest BCUT2D eigenvalue weighted by molar-refractivity contribution is -0.384. The monoisotopic (exact) mass is 843 g/mol. The molecule has 0 aromatic heterocycles. The van der Waals surface area contributed by atoms with Gasteiger partial charge in [-0.25, -0.2) is 4.39 Å². The average molecular weight is 844 g/mol. The smallest absolute Gasteiger partial charge is 0.292 e. The van der Waals surface area contributed by atoms with E-state index in [-0.39, 0.29) is 16.4 Å². The first kappa shape index (κ1) is 41.6. The van der Waals surface area contributed by atoms with Crippen LogP contribution in [-0.2, 0) is 12.8 Å². The Hall–Kier alpha value is -5.73.